The molecule has 0 aliphatic heterocycles. The molecule has 0 radical (unpaired) electrons. The summed E-state index contributed by atoms with van der Waals surface area (Å²) >= 11 is 0. The van der Waals surface area contributed by atoms with Gasteiger partial charge in [0.2, 0.25) is 0 Å². The van der Waals surface area contributed by atoms with Gasteiger partial charge in [-0.15, -0.1) is 5.10 Å². The Kier molecular flexibility index (Phi) is 3.69. The van der Waals surface area contributed by atoms with E-state index in [0.717, 1.165) is 24.5 Å². The number of rotatable bonds is 4. The maximum atomic E-state index is 8.56. The maximum Gasteiger partial charge on any atom is 0.190 e. The number of hydrogen-bond donors (Lipinski definition) is 2. The van der Waals surface area contributed by atoms with Crippen LogP contribution in [0.3, 0.4) is 0 Å². The van der Waals surface area contributed by atoms with Crippen LogP contribution in [-0.2, 0) is 12.8 Å². The third-order valence-corrected chi connectivity index (χ3v) is 2.58. The van der Waals surface area contributed by atoms with E-state index >= 15 is 0 Å². The van der Waals surface area contributed by atoms with Crippen LogP contribution < -0.4 is 5.73 Å². The lowest BCUT2D eigenvalue weighted by Crippen LogP contribution is -2.16. The van der Waals surface area contributed by atoms with Gasteiger partial charge in [0.1, 0.15) is 11.5 Å². The van der Waals surface area contributed by atoms with Gasteiger partial charge in [-0.3, -0.25) is 0 Å². The van der Waals surface area contributed by atoms with Gasteiger partial charge in [-0.1, -0.05) is 19.0 Å². The number of nitrogens with two attached hydrogens (primary N) is 1. The second-order valence-corrected chi connectivity index (χ2v) is 3.81. The molecule has 0 spiro atoms. The Morgan fingerprint density at radius 2 is 2.11 bits per heavy atom. The monoisotopic (exact) mass is 261 g/mol. The van der Waals surface area contributed by atoms with Crippen molar-refractivity contribution in [2.45, 2.75) is 26.7 Å². The van der Waals surface area contributed by atoms with E-state index in [-0.39, 0.29) is 5.84 Å². The lowest BCUT2D eigenvalue weighted by Gasteiger charge is -2.03. The van der Waals surface area contributed by atoms with Crippen molar-refractivity contribution in [1.82, 2.24) is 24.7 Å². The molecule has 0 aliphatic rings. The lowest BCUT2D eigenvalue weighted by atomic mass is 10.4. The quantitative estimate of drug-likeness (QED) is 0.353. The fourth-order valence-corrected chi connectivity index (χ4v) is 1.57. The standard InChI is InChI=1S/C11H15N7O/c1-3-8-15-9(4-2)18(16-8)10-6-13-7(5-14-10)11(12)17-19/h5-6,19H,3-4H2,1-2H3,(H2,12,17). The Morgan fingerprint density at radius 3 is 2.63 bits per heavy atom. The summed E-state index contributed by atoms with van der Waals surface area (Å²) in [6.07, 6.45) is 4.45. The Bertz CT molecular complexity index is 588. The second-order valence-electron chi connectivity index (χ2n) is 3.81. The van der Waals surface area contributed by atoms with Crippen molar-refractivity contribution in [3.8, 4) is 5.82 Å². The highest BCUT2D eigenvalue weighted by atomic mass is 16.4. The Hall–Kier alpha value is -2.51. The zero-order valence-corrected chi connectivity index (χ0v) is 10.8. The summed E-state index contributed by atoms with van der Waals surface area (Å²) in [6.45, 7) is 3.99. The van der Waals surface area contributed by atoms with Crippen LogP contribution in [0.1, 0.15) is 31.2 Å². The Morgan fingerprint density at radius 1 is 1.32 bits per heavy atom. The van der Waals surface area contributed by atoms with Gasteiger partial charge >= 0.3 is 0 Å². The minimum absolute atomic E-state index is 0.0809. The van der Waals surface area contributed by atoms with Crippen LogP contribution in [0.25, 0.3) is 5.82 Å². The number of aryl methyl sites for hydroxylation is 2. The molecule has 0 aliphatic carbocycles. The molecule has 2 heterocycles. The second kappa shape index (κ2) is 5.42. The van der Waals surface area contributed by atoms with E-state index in [1.165, 1.54) is 12.4 Å². The summed E-state index contributed by atoms with van der Waals surface area (Å²) in [5, 5.41) is 15.8. The minimum atomic E-state index is -0.0809. The normalized spacial score (nSPS) is 11.8. The number of nitrogens with zero attached hydrogens (tertiary/aromatic N) is 6. The Labute approximate surface area is 110 Å². The third kappa shape index (κ3) is 2.51. The fraction of sp³-hybridized carbons (Fsp3) is 0.364. The molecular formula is C11H15N7O. The van der Waals surface area contributed by atoms with Crippen molar-refractivity contribution in [3.05, 3.63) is 29.7 Å². The number of amidine groups is 1. The molecule has 0 fully saturated rings. The molecule has 19 heavy (non-hydrogen) atoms. The molecular weight excluding hydrogens is 246 g/mol. The first-order chi connectivity index (χ1) is 9.19. The van der Waals surface area contributed by atoms with Gasteiger partial charge in [0.15, 0.2) is 17.5 Å². The first-order valence-corrected chi connectivity index (χ1v) is 5.94. The van der Waals surface area contributed by atoms with E-state index in [1.807, 2.05) is 13.8 Å². The van der Waals surface area contributed by atoms with Crippen molar-refractivity contribution in [1.29, 1.82) is 0 Å². The molecule has 3 N–H and O–H groups in total. The molecule has 8 heteroatoms. The highest BCUT2D eigenvalue weighted by Crippen LogP contribution is 2.08. The van der Waals surface area contributed by atoms with Gasteiger partial charge < -0.3 is 10.9 Å². The van der Waals surface area contributed by atoms with Gasteiger partial charge in [0, 0.05) is 12.8 Å². The van der Waals surface area contributed by atoms with E-state index in [9.17, 15) is 0 Å². The van der Waals surface area contributed by atoms with Crippen LogP contribution in [0.15, 0.2) is 17.5 Å². The van der Waals surface area contributed by atoms with Crippen molar-refractivity contribution >= 4 is 5.84 Å². The summed E-state index contributed by atoms with van der Waals surface area (Å²) in [4.78, 5) is 12.7. The number of oxime groups is 1. The maximum absolute atomic E-state index is 8.56. The highest BCUT2D eigenvalue weighted by Gasteiger charge is 2.11. The Balaban J connectivity index is 2.39. The molecule has 0 amide bonds. The fourth-order valence-electron chi connectivity index (χ4n) is 1.57. The molecule has 0 atom stereocenters. The SMILES string of the molecule is CCc1nc(CC)n(-c2cnc(C(N)=NO)cn2)n1. The summed E-state index contributed by atoms with van der Waals surface area (Å²) < 4.78 is 1.65. The number of hydrogen-bond acceptors (Lipinski definition) is 6. The van der Waals surface area contributed by atoms with Gasteiger partial charge in [-0.25, -0.2) is 15.0 Å². The van der Waals surface area contributed by atoms with E-state index < -0.39 is 0 Å². The minimum Gasteiger partial charge on any atom is -0.409 e. The first-order valence-electron chi connectivity index (χ1n) is 5.94. The molecule has 0 saturated carbocycles. The average Bonchev–Trinajstić information content (AvgIpc) is 2.90. The largest absolute Gasteiger partial charge is 0.409 e. The van der Waals surface area contributed by atoms with Crippen LogP contribution in [0.2, 0.25) is 0 Å². The lowest BCUT2D eigenvalue weighted by molar-refractivity contribution is 0.318. The van der Waals surface area contributed by atoms with E-state index in [1.54, 1.807) is 4.68 Å². The number of aromatic nitrogens is 5. The summed E-state index contributed by atoms with van der Waals surface area (Å²) in [5.41, 5.74) is 5.73. The summed E-state index contributed by atoms with van der Waals surface area (Å²) in [5.74, 6) is 2.06. The predicted octanol–water partition coefficient (Wildman–Crippen LogP) is 0.277. The van der Waals surface area contributed by atoms with Gasteiger partial charge in [-0.2, -0.15) is 4.68 Å². The highest BCUT2D eigenvalue weighted by molar-refractivity contribution is 5.94. The molecule has 0 aromatic carbocycles. The molecule has 100 valence electrons. The third-order valence-electron chi connectivity index (χ3n) is 2.58. The molecule has 2 rings (SSSR count). The van der Waals surface area contributed by atoms with Crippen molar-refractivity contribution in [3.63, 3.8) is 0 Å². The molecule has 0 unspecified atom stereocenters. The topological polar surface area (TPSA) is 115 Å². The molecule has 2 aromatic heterocycles. The molecule has 2 aromatic rings. The van der Waals surface area contributed by atoms with E-state index in [2.05, 4.69) is 25.2 Å². The van der Waals surface area contributed by atoms with Crippen molar-refractivity contribution in [2.75, 3.05) is 0 Å². The zero-order chi connectivity index (χ0) is 13.8. The van der Waals surface area contributed by atoms with E-state index in [4.69, 9.17) is 10.9 Å². The smallest absolute Gasteiger partial charge is 0.190 e. The summed E-state index contributed by atoms with van der Waals surface area (Å²) in [7, 11) is 0. The predicted molar refractivity (Wildman–Crippen MR) is 68.2 cm³/mol. The van der Waals surface area contributed by atoms with Crippen LogP contribution in [0.5, 0.6) is 0 Å². The first kappa shape index (κ1) is 12.9. The summed E-state index contributed by atoms with van der Waals surface area (Å²) in [6, 6.07) is 0. The van der Waals surface area contributed by atoms with Crippen LogP contribution in [0, 0.1) is 0 Å². The van der Waals surface area contributed by atoms with Crippen molar-refractivity contribution in [2.24, 2.45) is 10.9 Å². The van der Waals surface area contributed by atoms with Gasteiger partial charge in [0.25, 0.3) is 0 Å². The average molecular weight is 261 g/mol. The van der Waals surface area contributed by atoms with E-state index in [0.29, 0.717) is 11.5 Å². The van der Waals surface area contributed by atoms with Gasteiger partial charge in [0.05, 0.1) is 12.4 Å². The van der Waals surface area contributed by atoms with Crippen LogP contribution >= 0.6 is 0 Å². The van der Waals surface area contributed by atoms with Crippen molar-refractivity contribution < 1.29 is 5.21 Å². The molecule has 8 nitrogen and oxygen atoms in total. The molecule has 0 saturated heterocycles. The zero-order valence-electron chi connectivity index (χ0n) is 10.8. The van der Waals surface area contributed by atoms with Crippen LogP contribution in [-0.4, -0.2) is 35.8 Å². The van der Waals surface area contributed by atoms with Gasteiger partial charge in [-0.05, 0) is 0 Å². The van der Waals surface area contributed by atoms with Crippen LogP contribution in [0.4, 0.5) is 0 Å². The molecule has 0 bridgehead atoms.